The van der Waals surface area contributed by atoms with Crippen LogP contribution in [0.25, 0.3) is 11.5 Å². The van der Waals surface area contributed by atoms with Gasteiger partial charge in [0.1, 0.15) is 11.5 Å². The summed E-state index contributed by atoms with van der Waals surface area (Å²) in [5, 5.41) is 0. The topological polar surface area (TPSA) is 64.7 Å². The second kappa shape index (κ2) is 4.73. The van der Waals surface area contributed by atoms with Crippen LogP contribution < -0.4 is 5.73 Å². The van der Waals surface area contributed by atoms with Gasteiger partial charge in [0.05, 0.1) is 3.57 Å². The molecule has 0 bridgehead atoms. The van der Waals surface area contributed by atoms with Gasteiger partial charge in [-0.15, -0.1) is 0 Å². The Morgan fingerprint density at radius 1 is 1.38 bits per heavy atom. The molecule has 4 nitrogen and oxygen atoms in total. The molecule has 2 aromatic heterocycles. The average Bonchev–Trinajstić information content (AvgIpc) is 2.32. The Bertz CT molecular complexity index is 513. The van der Waals surface area contributed by atoms with Gasteiger partial charge < -0.3 is 5.73 Å². The predicted molar refractivity (Wildman–Crippen MR) is 71.8 cm³/mol. The molecule has 2 heterocycles. The van der Waals surface area contributed by atoms with Crippen LogP contribution >= 0.6 is 22.6 Å². The van der Waals surface area contributed by atoms with Gasteiger partial charge in [-0.05, 0) is 40.6 Å². The van der Waals surface area contributed by atoms with Crippen molar-refractivity contribution in [2.45, 2.75) is 13.3 Å². The molecule has 0 aliphatic rings. The summed E-state index contributed by atoms with van der Waals surface area (Å²) in [5.41, 5.74) is 7.70. The highest BCUT2D eigenvalue weighted by Gasteiger charge is 2.09. The highest BCUT2D eigenvalue weighted by atomic mass is 127. The molecule has 16 heavy (non-hydrogen) atoms. The second-order valence-corrected chi connectivity index (χ2v) is 4.45. The Labute approximate surface area is 107 Å². The van der Waals surface area contributed by atoms with Gasteiger partial charge in [0.2, 0.25) is 0 Å². The van der Waals surface area contributed by atoms with E-state index in [4.69, 9.17) is 5.73 Å². The van der Waals surface area contributed by atoms with Crippen LogP contribution in [0.1, 0.15) is 12.5 Å². The summed E-state index contributed by atoms with van der Waals surface area (Å²) in [6, 6.07) is 3.94. The lowest BCUT2D eigenvalue weighted by Gasteiger charge is -2.05. The van der Waals surface area contributed by atoms with Crippen molar-refractivity contribution >= 4 is 28.4 Å². The summed E-state index contributed by atoms with van der Waals surface area (Å²) >= 11 is 2.11. The highest BCUT2D eigenvalue weighted by molar-refractivity contribution is 14.1. The number of nitrogen functional groups attached to an aromatic ring is 1. The Morgan fingerprint density at radius 3 is 2.88 bits per heavy atom. The van der Waals surface area contributed by atoms with Crippen LogP contribution in [0.2, 0.25) is 0 Å². The van der Waals surface area contributed by atoms with Gasteiger partial charge in [-0.2, -0.15) is 0 Å². The van der Waals surface area contributed by atoms with Gasteiger partial charge in [0.25, 0.3) is 0 Å². The zero-order chi connectivity index (χ0) is 11.5. The van der Waals surface area contributed by atoms with Crippen LogP contribution in [-0.2, 0) is 6.42 Å². The molecule has 82 valence electrons. The zero-order valence-corrected chi connectivity index (χ0v) is 11.0. The third-order valence-corrected chi connectivity index (χ3v) is 3.09. The lowest BCUT2D eigenvalue weighted by atomic mass is 10.1. The maximum absolute atomic E-state index is 5.76. The van der Waals surface area contributed by atoms with E-state index < -0.39 is 0 Å². The molecule has 2 aromatic rings. The van der Waals surface area contributed by atoms with E-state index in [9.17, 15) is 0 Å². The number of nitrogens with zero attached hydrogens (tertiary/aromatic N) is 3. The first kappa shape index (κ1) is 11.3. The number of aromatic nitrogens is 3. The predicted octanol–water partition coefficient (Wildman–Crippen LogP) is 2.29. The molecule has 0 atom stereocenters. The lowest BCUT2D eigenvalue weighted by molar-refractivity contribution is 1.07. The van der Waals surface area contributed by atoms with Gasteiger partial charge in [-0.3, -0.25) is 4.98 Å². The van der Waals surface area contributed by atoms with Crippen molar-refractivity contribution in [3.8, 4) is 11.5 Å². The van der Waals surface area contributed by atoms with Crippen LogP contribution in [-0.4, -0.2) is 15.0 Å². The monoisotopic (exact) mass is 326 g/mol. The van der Waals surface area contributed by atoms with Crippen LogP contribution in [0.15, 0.2) is 24.5 Å². The quantitative estimate of drug-likeness (QED) is 0.860. The first-order valence-corrected chi connectivity index (χ1v) is 6.02. The fourth-order valence-electron chi connectivity index (χ4n) is 1.42. The minimum atomic E-state index is 0.498. The fraction of sp³-hybridized carbons (Fsp3) is 0.182. The van der Waals surface area contributed by atoms with Crippen LogP contribution in [0.5, 0.6) is 0 Å². The van der Waals surface area contributed by atoms with E-state index in [2.05, 4.69) is 44.5 Å². The second-order valence-electron chi connectivity index (χ2n) is 3.29. The molecule has 0 aromatic carbocycles. The van der Waals surface area contributed by atoms with E-state index in [1.807, 2.05) is 12.1 Å². The van der Waals surface area contributed by atoms with E-state index in [0.29, 0.717) is 11.6 Å². The Morgan fingerprint density at radius 2 is 2.19 bits per heavy atom. The zero-order valence-electron chi connectivity index (χ0n) is 8.81. The Kier molecular flexibility index (Phi) is 3.33. The summed E-state index contributed by atoms with van der Waals surface area (Å²) in [5.74, 6) is 1.09. The van der Waals surface area contributed by atoms with Gasteiger partial charge in [0, 0.05) is 12.4 Å². The van der Waals surface area contributed by atoms with Crippen molar-refractivity contribution in [3.05, 3.63) is 33.7 Å². The van der Waals surface area contributed by atoms with Crippen LogP contribution in [0.4, 0.5) is 5.82 Å². The number of anilines is 1. The first-order valence-electron chi connectivity index (χ1n) is 4.94. The summed E-state index contributed by atoms with van der Waals surface area (Å²) in [6.45, 7) is 2.08. The minimum Gasteiger partial charge on any atom is -0.383 e. The molecular weight excluding hydrogens is 315 g/mol. The highest BCUT2D eigenvalue weighted by Crippen LogP contribution is 2.20. The minimum absolute atomic E-state index is 0.498. The SMILES string of the molecule is CCc1cccnc1-c1ncc(I)c(N)n1. The number of nitrogens with two attached hydrogens (primary N) is 1. The van der Waals surface area contributed by atoms with E-state index in [-0.39, 0.29) is 0 Å². The summed E-state index contributed by atoms with van der Waals surface area (Å²) in [6.07, 6.45) is 4.36. The Balaban J connectivity index is 2.54. The molecule has 0 spiro atoms. The number of pyridine rings is 1. The molecule has 0 unspecified atom stereocenters. The van der Waals surface area contributed by atoms with E-state index in [1.165, 1.54) is 0 Å². The molecule has 5 heteroatoms. The van der Waals surface area contributed by atoms with Crippen LogP contribution in [0.3, 0.4) is 0 Å². The van der Waals surface area contributed by atoms with E-state index in [0.717, 1.165) is 21.2 Å². The fourth-order valence-corrected chi connectivity index (χ4v) is 1.68. The maximum Gasteiger partial charge on any atom is 0.180 e. The van der Waals surface area contributed by atoms with Crippen molar-refractivity contribution in [2.24, 2.45) is 0 Å². The van der Waals surface area contributed by atoms with Gasteiger partial charge in [-0.25, -0.2) is 9.97 Å². The number of halogens is 1. The van der Waals surface area contributed by atoms with Crippen molar-refractivity contribution in [1.82, 2.24) is 15.0 Å². The molecule has 0 saturated carbocycles. The lowest BCUT2D eigenvalue weighted by Crippen LogP contribution is -2.01. The molecule has 0 saturated heterocycles. The van der Waals surface area contributed by atoms with Gasteiger partial charge >= 0.3 is 0 Å². The van der Waals surface area contributed by atoms with Crippen LogP contribution in [0, 0.1) is 3.57 Å². The summed E-state index contributed by atoms with van der Waals surface area (Å²) in [4.78, 5) is 12.8. The van der Waals surface area contributed by atoms with E-state index in [1.54, 1.807) is 12.4 Å². The smallest absolute Gasteiger partial charge is 0.180 e. The molecule has 0 aliphatic carbocycles. The average molecular weight is 326 g/mol. The third kappa shape index (κ3) is 2.13. The summed E-state index contributed by atoms with van der Waals surface area (Å²) in [7, 11) is 0. The Hall–Kier alpha value is -1.24. The molecule has 0 amide bonds. The first-order chi connectivity index (χ1) is 7.72. The van der Waals surface area contributed by atoms with Gasteiger partial charge in [-0.1, -0.05) is 13.0 Å². The largest absolute Gasteiger partial charge is 0.383 e. The number of hydrogen-bond acceptors (Lipinski definition) is 4. The van der Waals surface area contributed by atoms with Crippen molar-refractivity contribution in [2.75, 3.05) is 5.73 Å². The number of hydrogen-bond donors (Lipinski definition) is 1. The molecule has 2 rings (SSSR count). The summed E-state index contributed by atoms with van der Waals surface area (Å²) < 4.78 is 0.857. The molecule has 0 radical (unpaired) electrons. The molecular formula is C11H11IN4. The molecule has 0 aliphatic heterocycles. The van der Waals surface area contributed by atoms with Gasteiger partial charge in [0.15, 0.2) is 5.82 Å². The van der Waals surface area contributed by atoms with Crippen molar-refractivity contribution < 1.29 is 0 Å². The van der Waals surface area contributed by atoms with E-state index >= 15 is 0 Å². The molecule has 2 N–H and O–H groups in total. The molecule has 0 fully saturated rings. The number of rotatable bonds is 2. The van der Waals surface area contributed by atoms with Crippen molar-refractivity contribution in [3.63, 3.8) is 0 Å². The maximum atomic E-state index is 5.76. The standard InChI is InChI=1S/C11H11IN4/c1-2-7-4-3-5-14-9(7)11-15-6-8(12)10(13)16-11/h3-6H,2H2,1H3,(H2,13,15,16). The normalized spacial score (nSPS) is 10.4. The van der Waals surface area contributed by atoms with Crippen molar-refractivity contribution in [1.29, 1.82) is 0 Å². The number of aryl methyl sites for hydroxylation is 1. The third-order valence-electron chi connectivity index (χ3n) is 2.26.